The number of rotatable bonds is 29. The largest absolute Gasteiger partial charge is 0.300 e. The summed E-state index contributed by atoms with van der Waals surface area (Å²) in [5.41, 5.74) is 0. The first-order valence-electron chi connectivity index (χ1n) is 15.4. The molecule has 0 saturated carbocycles. The fourth-order valence-corrected chi connectivity index (χ4v) is 4.95. The highest BCUT2D eigenvalue weighted by Gasteiger charge is 2.02. The zero-order chi connectivity index (χ0) is 25.0. The fourth-order valence-electron chi connectivity index (χ4n) is 4.82. The maximum absolute atomic E-state index is 12.1. The second-order valence-electron chi connectivity index (χ2n) is 10.6. The van der Waals surface area contributed by atoms with Crippen LogP contribution < -0.4 is 0 Å². The van der Waals surface area contributed by atoms with Gasteiger partial charge < -0.3 is 0 Å². The Hall–Kier alpha value is -0.370. The lowest BCUT2D eigenvalue weighted by atomic mass is 10.0. The Labute approximate surface area is 218 Å². The van der Waals surface area contributed by atoms with Crippen LogP contribution in [-0.2, 0) is 9.59 Å². The van der Waals surface area contributed by atoms with Gasteiger partial charge in [-0.05, 0) is 30.9 Å². The number of hydrogen-bond acceptors (Lipinski definition) is 2. The molecule has 0 N–H and O–H groups in total. The summed E-state index contributed by atoms with van der Waals surface area (Å²) >= 11 is 5.34. The molecule has 34 heavy (non-hydrogen) atoms. The van der Waals surface area contributed by atoms with E-state index in [-0.39, 0.29) is 5.24 Å². The SMILES string of the molecule is CCCCCCCCCCCCCCCC(=O)CCCCCCCCCCCCCCC(=O)Cl. The zero-order valence-corrected chi connectivity index (χ0v) is 23.7. The van der Waals surface area contributed by atoms with Gasteiger partial charge >= 0.3 is 0 Å². The number of carbonyl (C=O) groups excluding carboxylic acids is 2. The molecule has 0 unspecified atom stereocenters. The van der Waals surface area contributed by atoms with Crippen molar-refractivity contribution in [1.29, 1.82) is 0 Å². The molecule has 0 aromatic carbocycles. The molecule has 0 saturated heterocycles. The average Bonchev–Trinajstić information content (AvgIpc) is 2.82. The van der Waals surface area contributed by atoms with E-state index in [1.165, 1.54) is 135 Å². The summed E-state index contributed by atoms with van der Waals surface area (Å²) in [7, 11) is 0. The lowest BCUT2D eigenvalue weighted by Crippen LogP contribution is -1.97. The molecule has 0 aromatic heterocycles. The summed E-state index contributed by atoms with van der Waals surface area (Å²) in [6, 6.07) is 0. The molecular weight excluding hydrogens is 440 g/mol. The molecule has 0 rings (SSSR count). The van der Waals surface area contributed by atoms with Gasteiger partial charge in [0.1, 0.15) is 5.78 Å². The van der Waals surface area contributed by atoms with Gasteiger partial charge in [0.05, 0.1) is 0 Å². The van der Waals surface area contributed by atoms with Crippen LogP contribution in [0.2, 0.25) is 0 Å². The van der Waals surface area contributed by atoms with Crippen molar-refractivity contribution in [2.45, 2.75) is 187 Å². The van der Waals surface area contributed by atoms with Crippen LogP contribution in [0.3, 0.4) is 0 Å². The highest BCUT2D eigenvalue weighted by Crippen LogP contribution is 2.15. The van der Waals surface area contributed by atoms with Crippen molar-refractivity contribution in [3.63, 3.8) is 0 Å². The molecular formula is C31H59ClO2. The third-order valence-electron chi connectivity index (χ3n) is 7.14. The molecule has 0 spiro atoms. The molecule has 3 heteroatoms. The van der Waals surface area contributed by atoms with E-state index in [0.29, 0.717) is 12.2 Å². The van der Waals surface area contributed by atoms with Crippen molar-refractivity contribution in [3.8, 4) is 0 Å². The second-order valence-corrected chi connectivity index (χ2v) is 11.1. The fraction of sp³-hybridized carbons (Fsp3) is 0.935. The molecule has 0 heterocycles. The van der Waals surface area contributed by atoms with E-state index in [1.807, 2.05) is 0 Å². The lowest BCUT2D eigenvalue weighted by Gasteiger charge is -2.04. The summed E-state index contributed by atoms with van der Waals surface area (Å²) in [6.45, 7) is 2.28. The average molecular weight is 499 g/mol. The van der Waals surface area contributed by atoms with Gasteiger partial charge in [-0.2, -0.15) is 0 Å². The van der Waals surface area contributed by atoms with Crippen LogP contribution in [0.5, 0.6) is 0 Å². The summed E-state index contributed by atoms with van der Waals surface area (Å²) in [4.78, 5) is 22.7. The van der Waals surface area contributed by atoms with Crippen molar-refractivity contribution < 1.29 is 9.59 Å². The smallest absolute Gasteiger partial charge is 0.221 e. The van der Waals surface area contributed by atoms with E-state index in [1.54, 1.807) is 0 Å². The Kier molecular flexibility index (Phi) is 28.6. The Morgan fingerprint density at radius 2 is 0.618 bits per heavy atom. The summed E-state index contributed by atoms with van der Waals surface area (Å²) in [5.74, 6) is 0.499. The first-order valence-corrected chi connectivity index (χ1v) is 15.7. The molecule has 0 radical (unpaired) electrons. The Balaban J connectivity index is 3.15. The van der Waals surface area contributed by atoms with E-state index >= 15 is 0 Å². The molecule has 0 bridgehead atoms. The van der Waals surface area contributed by atoms with E-state index in [0.717, 1.165) is 38.5 Å². The molecule has 0 aliphatic carbocycles. The van der Waals surface area contributed by atoms with Gasteiger partial charge in [-0.15, -0.1) is 0 Å². The number of carbonyl (C=O) groups is 2. The minimum absolute atomic E-state index is 0.195. The van der Waals surface area contributed by atoms with E-state index in [4.69, 9.17) is 11.6 Å². The molecule has 202 valence electrons. The van der Waals surface area contributed by atoms with Gasteiger partial charge in [-0.3, -0.25) is 9.59 Å². The van der Waals surface area contributed by atoms with Gasteiger partial charge in [-0.1, -0.05) is 148 Å². The third kappa shape index (κ3) is 29.7. The zero-order valence-electron chi connectivity index (χ0n) is 23.0. The van der Waals surface area contributed by atoms with Crippen LogP contribution in [0.25, 0.3) is 0 Å². The van der Waals surface area contributed by atoms with E-state index in [2.05, 4.69) is 6.92 Å². The highest BCUT2D eigenvalue weighted by atomic mass is 35.5. The van der Waals surface area contributed by atoms with Crippen LogP contribution >= 0.6 is 11.6 Å². The van der Waals surface area contributed by atoms with Crippen LogP contribution in [0.4, 0.5) is 0 Å². The van der Waals surface area contributed by atoms with Gasteiger partial charge in [-0.25, -0.2) is 0 Å². The Morgan fingerprint density at radius 1 is 0.382 bits per heavy atom. The van der Waals surface area contributed by atoms with E-state index < -0.39 is 0 Å². The van der Waals surface area contributed by atoms with Crippen LogP contribution in [-0.4, -0.2) is 11.0 Å². The molecule has 0 aliphatic heterocycles. The quantitative estimate of drug-likeness (QED) is 0.0758. The van der Waals surface area contributed by atoms with Gasteiger partial charge in [0, 0.05) is 19.3 Å². The summed E-state index contributed by atoms with van der Waals surface area (Å²) in [6.07, 6.45) is 34.8. The number of Topliss-reactive ketones (excluding diaryl/α,β-unsaturated/α-hetero) is 1. The summed E-state index contributed by atoms with van der Waals surface area (Å²) < 4.78 is 0. The minimum atomic E-state index is -0.195. The highest BCUT2D eigenvalue weighted by molar-refractivity contribution is 6.63. The molecule has 0 fully saturated rings. The number of unbranched alkanes of at least 4 members (excludes halogenated alkanes) is 23. The molecule has 0 atom stereocenters. The van der Waals surface area contributed by atoms with Crippen molar-refractivity contribution in [3.05, 3.63) is 0 Å². The number of halogens is 1. The Bertz CT molecular complexity index is 435. The number of ketones is 1. The molecule has 0 aromatic rings. The third-order valence-corrected chi connectivity index (χ3v) is 7.33. The van der Waals surface area contributed by atoms with Crippen molar-refractivity contribution in [2.24, 2.45) is 0 Å². The van der Waals surface area contributed by atoms with Gasteiger partial charge in [0.25, 0.3) is 0 Å². The molecule has 0 aliphatic rings. The first-order chi connectivity index (χ1) is 16.7. The van der Waals surface area contributed by atoms with Crippen molar-refractivity contribution in [2.75, 3.05) is 0 Å². The van der Waals surface area contributed by atoms with Crippen LogP contribution in [0, 0.1) is 0 Å². The van der Waals surface area contributed by atoms with Gasteiger partial charge in [0.2, 0.25) is 5.24 Å². The van der Waals surface area contributed by atoms with Crippen molar-refractivity contribution >= 4 is 22.6 Å². The van der Waals surface area contributed by atoms with Gasteiger partial charge in [0.15, 0.2) is 0 Å². The normalized spacial score (nSPS) is 11.2. The second kappa shape index (κ2) is 28.9. The monoisotopic (exact) mass is 498 g/mol. The standard InChI is InChI=1S/C31H59ClO2/c1-2-3-4-5-6-7-8-9-12-15-18-21-24-27-30(33)28-25-22-19-16-13-10-11-14-17-20-23-26-29-31(32)34/h2-29H2,1H3. The summed E-state index contributed by atoms with van der Waals surface area (Å²) in [5, 5.41) is -0.195. The lowest BCUT2D eigenvalue weighted by molar-refractivity contribution is -0.119. The predicted molar refractivity (Wildman–Crippen MR) is 151 cm³/mol. The van der Waals surface area contributed by atoms with Crippen LogP contribution in [0.15, 0.2) is 0 Å². The minimum Gasteiger partial charge on any atom is -0.300 e. The maximum Gasteiger partial charge on any atom is 0.221 e. The Morgan fingerprint density at radius 3 is 0.882 bits per heavy atom. The molecule has 2 nitrogen and oxygen atoms in total. The topological polar surface area (TPSA) is 34.1 Å². The van der Waals surface area contributed by atoms with Crippen molar-refractivity contribution in [1.82, 2.24) is 0 Å². The van der Waals surface area contributed by atoms with Crippen LogP contribution in [0.1, 0.15) is 187 Å². The molecule has 0 amide bonds. The first kappa shape index (κ1) is 33.6. The number of hydrogen-bond donors (Lipinski definition) is 0. The maximum atomic E-state index is 12.1. The predicted octanol–water partition coefficient (Wildman–Crippen LogP) is 11.3. The van der Waals surface area contributed by atoms with E-state index in [9.17, 15) is 9.59 Å².